The summed E-state index contributed by atoms with van der Waals surface area (Å²) < 4.78 is 0. The molecular formula is C17H19N3O2. The topological polar surface area (TPSA) is 72.0 Å². The van der Waals surface area contributed by atoms with Crippen molar-refractivity contribution in [1.82, 2.24) is 9.97 Å². The summed E-state index contributed by atoms with van der Waals surface area (Å²) >= 11 is 0. The SMILES string of the molecule is Cc1ncnc(C(=O)c2ccccc2)c1NC(=O)C(C)(C)C. The molecule has 0 bridgehead atoms. The van der Waals surface area contributed by atoms with E-state index in [2.05, 4.69) is 15.3 Å². The number of nitrogens with zero attached hydrogens (tertiary/aromatic N) is 2. The molecule has 114 valence electrons. The number of hydrogen-bond donors (Lipinski definition) is 1. The van der Waals surface area contributed by atoms with Crippen molar-refractivity contribution in [3.8, 4) is 0 Å². The van der Waals surface area contributed by atoms with Crippen LogP contribution in [0.5, 0.6) is 0 Å². The zero-order valence-electron chi connectivity index (χ0n) is 13.2. The molecule has 1 heterocycles. The molecule has 1 amide bonds. The van der Waals surface area contributed by atoms with Crippen LogP contribution in [0.1, 0.15) is 42.5 Å². The zero-order chi connectivity index (χ0) is 16.3. The molecule has 0 atom stereocenters. The minimum absolute atomic E-state index is 0.187. The summed E-state index contributed by atoms with van der Waals surface area (Å²) in [6.07, 6.45) is 1.33. The molecule has 1 aromatic heterocycles. The number of anilines is 1. The number of rotatable bonds is 3. The average Bonchev–Trinajstić information content (AvgIpc) is 2.48. The highest BCUT2D eigenvalue weighted by atomic mass is 16.2. The number of aromatic nitrogens is 2. The lowest BCUT2D eigenvalue weighted by Gasteiger charge is -2.19. The van der Waals surface area contributed by atoms with Crippen molar-refractivity contribution in [3.63, 3.8) is 0 Å². The lowest BCUT2D eigenvalue weighted by atomic mass is 9.95. The van der Waals surface area contributed by atoms with Crippen LogP contribution in [-0.4, -0.2) is 21.7 Å². The molecule has 5 heteroatoms. The Morgan fingerprint density at radius 3 is 2.27 bits per heavy atom. The second-order valence-electron chi connectivity index (χ2n) is 6.08. The van der Waals surface area contributed by atoms with Gasteiger partial charge >= 0.3 is 0 Å². The third-order valence-corrected chi connectivity index (χ3v) is 3.21. The lowest BCUT2D eigenvalue weighted by Crippen LogP contribution is -2.29. The predicted molar refractivity (Wildman–Crippen MR) is 84.7 cm³/mol. The van der Waals surface area contributed by atoms with Gasteiger partial charge in [-0.25, -0.2) is 9.97 Å². The van der Waals surface area contributed by atoms with E-state index in [0.717, 1.165) is 0 Å². The van der Waals surface area contributed by atoms with Crippen LogP contribution in [0.15, 0.2) is 36.7 Å². The molecule has 2 aromatic rings. The Morgan fingerprint density at radius 2 is 1.68 bits per heavy atom. The fourth-order valence-corrected chi connectivity index (χ4v) is 1.82. The molecule has 2 rings (SSSR count). The van der Waals surface area contributed by atoms with Crippen LogP contribution in [-0.2, 0) is 4.79 Å². The first-order valence-corrected chi connectivity index (χ1v) is 7.03. The van der Waals surface area contributed by atoms with Gasteiger partial charge in [0.1, 0.15) is 12.0 Å². The molecule has 1 N–H and O–H groups in total. The van der Waals surface area contributed by atoms with Crippen molar-refractivity contribution in [1.29, 1.82) is 0 Å². The second kappa shape index (κ2) is 6.05. The van der Waals surface area contributed by atoms with Crippen LogP contribution >= 0.6 is 0 Å². The van der Waals surface area contributed by atoms with Gasteiger partial charge in [0.25, 0.3) is 0 Å². The number of ketones is 1. The van der Waals surface area contributed by atoms with Crippen molar-refractivity contribution >= 4 is 17.4 Å². The first kappa shape index (κ1) is 15.8. The Hall–Kier alpha value is -2.56. The monoisotopic (exact) mass is 297 g/mol. The van der Waals surface area contributed by atoms with Gasteiger partial charge in [-0.15, -0.1) is 0 Å². The average molecular weight is 297 g/mol. The van der Waals surface area contributed by atoms with Crippen LogP contribution < -0.4 is 5.32 Å². The maximum atomic E-state index is 12.6. The zero-order valence-corrected chi connectivity index (χ0v) is 13.2. The van der Waals surface area contributed by atoms with Gasteiger partial charge in [-0.2, -0.15) is 0 Å². The predicted octanol–water partition coefficient (Wildman–Crippen LogP) is 3.00. The largest absolute Gasteiger partial charge is 0.322 e. The van der Waals surface area contributed by atoms with E-state index >= 15 is 0 Å². The fraction of sp³-hybridized carbons (Fsp3) is 0.294. The van der Waals surface area contributed by atoms with E-state index in [0.29, 0.717) is 16.9 Å². The summed E-state index contributed by atoms with van der Waals surface area (Å²) in [5.41, 5.74) is 1.08. The van der Waals surface area contributed by atoms with Gasteiger partial charge in [0.2, 0.25) is 11.7 Å². The van der Waals surface area contributed by atoms with Gasteiger partial charge < -0.3 is 5.32 Å². The molecule has 0 aliphatic carbocycles. The molecule has 0 saturated heterocycles. The molecule has 0 radical (unpaired) electrons. The van der Waals surface area contributed by atoms with E-state index in [1.165, 1.54) is 6.33 Å². The lowest BCUT2D eigenvalue weighted by molar-refractivity contribution is -0.123. The molecule has 0 aliphatic heterocycles. The maximum Gasteiger partial charge on any atom is 0.229 e. The van der Waals surface area contributed by atoms with Gasteiger partial charge in [-0.1, -0.05) is 51.1 Å². The molecule has 5 nitrogen and oxygen atoms in total. The van der Waals surface area contributed by atoms with Crippen molar-refractivity contribution in [2.75, 3.05) is 5.32 Å². The molecule has 0 aliphatic rings. The standard InChI is InChI=1S/C17H19N3O2/c1-11-13(20-16(22)17(2,3)4)14(19-10-18-11)15(21)12-8-6-5-7-9-12/h5-10H,1-4H3,(H,20,22). The van der Waals surface area contributed by atoms with E-state index in [9.17, 15) is 9.59 Å². The Labute approximate surface area is 129 Å². The summed E-state index contributed by atoms with van der Waals surface area (Å²) in [5.74, 6) is -0.428. The van der Waals surface area contributed by atoms with Crippen molar-refractivity contribution < 1.29 is 9.59 Å². The van der Waals surface area contributed by atoms with Gasteiger partial charge in [0, 0.05) is 11.0 Å². The molecule has 0 saturated carbocycles. The molecule has 0 fully saturated rings. The Balaban J connectivity index is 2.43. The summed E-state index contributed by atoms with van der Waals surface area (Å²) in [5, 5.41) is 2.78. The Bertz CT molecular complexity index is 704. The summed E-state index contributed by atoms with van der Waals surface area (Å²) in [6.45, 7) is 7.15. The summed E-state index contributed by atoms with van der Waals surface area (Å²) in [4.78, 5) is 33.0. The quantitative estimate of drug-likeness (QED) is 0.884. The normalized spacial score (nSPS) is 11.1. The highest BCUT2D eigenvalue weighted by Gasteiger charge is 2.25. The van der Waals surface area contributed by atoms with E-state index in [4.69, 9.17) is 0 Å². The highest BCUT2D eigenvalue weighted by Crippen LogP contribution is 2.23. The van der Waals surface area contributed by atoms with Gasteiger partial charge in [0.05, 0.1) is 11.4 Å². The number of benzene rings is 1. The number of hydrogen-bond acceptors (Lipinski definition) is 4. The molecule has 0 spiro atoms. The van der Waals surface area contributed by atoms with Crippen LogP contribution in [0.3, 0.4) is 0 Å². The molecule has 22 heavy (non-hydrogen) atoms. The summed E-state index contributed by atoms with van der Waals surface area (Å²) in [7, 11) is 0. The van der Waals surface area contributed by atoms with Crippen LogP contribution in [0, 0.1) is 12.3 Å². The highest BCUT2D eigenvalue weighted by molar-refractivity contribution is 6.13. The molecule has 0 unspecified atom stereocenters. The van der Waals surface area contributed by atoms with Crippen molar-refractivity contribution in [2.45, 2.75) is 27.7 Å². The van der Waals surface area contributed by atoms with Gasteiger partial charge in [-0.05, 0) is 6.92 Å². The first-order valence-electron chi connectivity index (χ1n) is 7.03. The van der Waals surface area contributed by atoms with E-state index in [-0.39, 0.29) is 17.4 Å². The molecular weight excluding hydrogens is 278 g/mol. The van der Waals surface area contributed by atoms with Crippen molar-refractivity contribution in [2.24, 2.45) is 5.41 Å². The van der Waals surface area contributed by atoms with Crippen LogP contribution in [0.4, 0.5) is 5.69 Å². The van der Waals surface area contributed by atoms with E-state index < -0.39 is 5.41 Å². The first-order chi connectivity index (χ1) is 10.3. The van der Waals surface area contributed by atoms with Gasteiger partial charge in [0.15, 0.2) is 0 Å². The summed E-state index contributed by atoms with van der Waals surface area (Å²) in [6, 6.07) is 8.85. The fourth-order valence-electron chi connectivity index (χ4n) is 1.82. The van der Waals surface area contributed by atoms with Crippen LogP contribution in [0.25, 0.3) is 0 Å². The third-order valence-electron chi connectivity index (χ3n) is 3.21. The number of aryl methyl sites for hydroxylation is 1. The number of nitrogens with one attached hydrogen (secondary N) is 1. The van der Waals surface area contributed by atoms with E-state index in [1.807, 2.05) is 6.07 Å². The minimum atomic E-state index is -0.574. The number of amides is 1. The second-order valence-corrected chi connectivity index (χ2v) is 6.08. The maximum absolute atomic E-state index is 12.6. The minimum Gasteiger partial charge on any atom is -0.322 e. The smallest absolute Gasteiger partial charge is 0.229 e. The Kier molecular flexibility index (Phi) is 4.35. The number of carbonyl (C=O) groups excluding carboxylic acids is 2. The van der Waals surface area contributed by atoms with E-state index in [1.54, 1.807) is 52.0 Å². The van der Waals surface area contributed by atoms with Gasteiger partial charge in [-0.3, -0.25) is 9.59 Å². The third kappa shape index (κ3) is 3.36. The van der Waals surface area contributed by atoms with Crippen LogP contribution in [0.2, 0.25) is 0 Å². The number of carbonyl (C=O) groups is 2. The van der Waals surface area contributed by atoms with Crippen molar-refractivity contribution in [3.05, 3.63) is 53.6 Å². The Morgan fingerprint density at radius 1 is 1.05 bits per heavy atom. The molecule has 1 aromatic carbocycles.